The van der Waals surface area contributed by atoms with Crippen molar-refractivity contribution >= 4 is 11.7 Å². The summed E-state index contributed by atoms with van der Waals surface area (Å²) in [6.07, 6.45) is 2.36. The number of benzene rings is 1. The largest absolute Gasteiger partial charge is 0.335 e. The van der Waals surface area contributed by atoms with Gasteiger partial charge in [0.2, 0.25) is 0 Å². The van der Waals surface area contributed by atoms with Gasteiger partial charge in [-0.2, -0.15) is 0 Å². The Hall–Kier alpha value is -1.58. The molecular formula is C13H17FN2O. The van der Waals surface area contributed by atoms with Gasteiger partial charge in [0.25, 0.3) is 0 Å². The molecule has 4 heteroatoms. The van der Waals surface area contributed by atoms with Crippen LogP contribution in [-0.4, -0.2) is 12.1 Å². The third-order valence-electron chi connectivity index (χ3n) is 3.14. The maximum absolute atomic E-state index is 13.0. The number of amides is 2. The minimum Gasteiger partial charge on any atom is -0.335 e. The standard InChI is InChI=1S/C13H17FN2O/c1-8-3-6-11(14)7-12(8)16-13(17)15-9(2)10-4-5-10/h3,6-7,9-10H,4-5H2,1-2H3,(H2,15,16,17). The minimum atomic E-state index is -0.346. The molecule has 0 saturated heterocycles. The van der Waals surface area contributed by atoms with Gasteiger partial charge in [-0.15, -0.1) is 0 Å². The van der Waals surface area contributed by atoms with Gasteiger partial charge in [-0.05, 0) is 50.3 Å². The van der Waals surface area contributed by atoms with Crippen molar-refractivity contribution in [3.05, 3.63) is 29.6 Å². The molecule has 92 valence electrons. The lowest BCUT2D eigenvalue weighted by atomic mass is 10.2. The molecule has 2 N–H and O–H groups in total. The summed E-state index contributed by atoms with van der Waals surface area (Å²) in [7, 11) is 0. The number of halogens is 1. The van der Waals surface area contributed by atoms with Gasteiger partial charge in [0, 0.05) is 11.7 Å². The van der Waals surface area contributed by atoms with Crippen LogP contribution in [0.4, 0.5) is 14.9 Å². The Morgan fingerprint density at radius 2 is 2.18 bits per heavy atom. The zero-order chi connectivity index (χ0) is 12.4. The van der Waals surface area contributed by atoms with Crippen LogP contribution in [0.5, 0.6) is 0 Å². The van der Waals surface area contributed by atoms with E-state index in [2.05, 4.69) is 10.6 Å². The zero-order valence-electron chi connectivity index (χ0n) is 10.1. The minimum absolute atomic E-state index is 0.184. The normalized spacial score (nSPS) is 16.4. The second-order valence-corrected chi connectivity index (χ2v) is 4.68. The van der Waals surface area contributed by atoms with E-state index in [1.54, 1.807) is 6.07 Å². The highest BCUT2D eigenvalue weighted by atomic mass is 19.1. The fraction of sp³-hybridized carbons (Fsp3) is 0.462. The summed E-state index contributed by atoms with van der Waals surface area (Å²) >= 11 is 0. The van der Waals surface area contributed by atoms with Crippen molar-refractivity contribution in [1.29, 1.82) is 0 Å². The molecule has 0 heterocycles. The summed E-state index contributed by atoms with van der Waals surface area (Å²) in [5, 5.41) is 5.54. The molecular weight excluding hydrogens is 219 g/mol. The molecule has 2 rings (SSSR count). The Bertz CT molecular complexity index is 429. The van der Waals surface area contributed by atoms with E-state index < -0.39 is 0 Å². The first kappa shape index (κ1) is 11.9. The van der Waals surface area contributed by atoms with E-state index >= 15 is 0 Å². The van der Waals surface area contributed by atoms with Gasteiger partial charge in [-0.1, -0.05) is 6.07 Å². The van der Waals surface area contributed by atoms with Crippen LogP contribution >= 0.6 is 0 Å². The van der Waals surface area contributed by atoms with E-state index in [1.165, 1.54) is 25.0 Å². The summed E-state index contributed by atoms with van der Waals surface area (Å²) in [6, 6.07) is 4.28. The third kappa shape index (κ3) is 3.19. The molecule has 1 aliphatic carbocycles. The molecule has 0 aliphatic heterocycles. The van der Waals surface area contributed by atoms with Gasteiger partial charge in [0.15, 0.2) is 0 Å². The number of aryl methyl sites for hydroxylation is 1. The summed E-state index contributed by atoms with van der Waals surface area (Å²) in [5.74, 6) is 0.260. The van der Waals surface area contributed by atoms with Gasteiger partial charge in [0.05, 0.1) is 0 Å². The van der Waals surface area contributed by atoms with Crippen LogP contribution in [0.1, 0.15) is 25.3 Å². The Morgan fingerprint density at radius 3 is 2.82 bits per heavy atom. The van der Waals surface area contributed by atoms with Crippen LogP contribution in [0.3, 0.4) is 0 Å². The fourth-order valence-corrected chi connectivity index (χ4v) is 1.81. The van der Waals surface area contributed by atoms with E-state index in [0.717, 1.165) is 5.56 Å². The van der Waals surface area contributed by atoms with E-state index in [1.807, 2.05) is 13.8 Å². The molecule has 1 aromatic rings. The molecule has 2 amide bonds. The van der Waals surface area contributed by atoms with Crippen LogP contribution in [-0.2, 0) is 0 Å². The molecule has 1 aromatic carbocycles. The fourth-order valence-electron chi connectivity index (χ4n) is 1.81. The summed E-state index contributed by atoms with van der Waals surface area (Å²) in [5.41, 5.74) is 1.37. The van der Waals surface area contributed by atoms with Crippen molar-refractivity contribution in [3.8, 4) is 0 Å². The molecule has 1 aliphatic rings. The predicted octanol–water partition coefficient (Wildman–Crippen LogP) is 3.05. The molecule has 3 nitrogen and oxygen atoms in total. The lowest BCUT2D eigenvalue weighted by molar-refractivity contribution is 0.248. The van der Waals surface area contributed by atoms with Crippen molar-refractivity contribution in [1.82, 2.24) is 5.32 Å². The Morgan fingerprint density at radius 1 is 1.47 bits per heavy atom. The molecule has 1 fully saturated rings. The van der Waals surface area contributed by atoms with Gasteiger partial charge in [-0.3, -0.25) is 0 Å². The Balaban J connectivity index is 1.94. The quantitative estimate of drug-likeness (QED) is 0.832. The van der Waals surface area contributed by atoms with Crippen LogP contribution in [0.2, 0.25) is 0 Å². The number of hydrogen-bond acceptors (Lipinski definition) is 1. The average Bonchev–Trinajstić information content (AvgIpc) is 3.06. The molecule has 17 heavy (non-hydrogen) atoms. The van der Waals surface area contributed by atoms with E-state index in [4.69, 9.17) is 0 Å². The molecule has 1 unspecified atom stereocenters. The van der Waals surface area contributed by atoms with Crippen molar-refractivity contribution in [3.63, 3.8) is 0 Å². The molecule has 1 saturated carbocycles. The topological polar surface area (TPSA) is 41.1 Å². The number of carbonyl (C=O) groups is 1. The van der Waals surface area contributed by atoms with Crippen molar-refractivity contribution < 1.29 is 9.18 Å². The number of urea groups is 1. The molecule has 0 radical (unpaired) electrons. The number of anilines is 1. The average molecular weight is 236 g/mol. The highest BCUT2D eigenvalue weighted by Gasteiger charge is 2.28. The van der Waals surface area contributed by atoms with Gasteiger partial charge < -0.3 is 10.6 Å². The van der Waals surface area contributed by atoms with Crippen molar-refractivity contribution in [2.24, 2.45) is 5.92 Å². The SMILES string of the molecule is Cc1ccc(F)cc1NC(=O)NC(C)C1CC1. The monoisotopic (exact) mass is 236 g/mol. The summed E-state index contributed by atoms with van der Waals surface area (Å²) in [6.45, 7) is 3.83. The van der Waals surface area contributed by atoms with Gasteiger partial charge >= 0.3 is 6.03 Å². The van der Waals surface area contributed by atoms with E-state index in [-0.39, 0.29) is 17.9 Å². The second-order valence-electron chi connectivity index (χ2n) is 4.68. The first-order valence-corrected chi connectivity index (χ1v) is 5.90. The predicted molar refractivity (Wildman–Crippen MR) is 65.5 cm³/mol. The molecule has 0 aromatic heterocycles. The van der Waals surface area contributed by atoms with Crippen LogP contribution in [0.25, 0.3) is 0 Å². The maximum atomic E-state index is 13.0. The molecule has 1 atom stereocenters. The van der Waals surface area contributed by atoms with Crippen molar-refractivity contribution in [2.75, 3.05) is 5.32 Å². The lowest BCUT2D eigenvalue weighted by Gasteiger charge is -2.14. The smallest absolute Gasteiger partial charge is 0.319 e. The molecule has 0 bridgehead atoms. The zero-order valence-corrected chi connectivity index (χ0v) is 10.1. The Kier molecular flexibility index (Phi) is 3.31. The number of hydrogen-bond donors (Lipinski definition) is 2. The first-order valence-electron chi connectivity index (χ1n) is 5.90. The lowest BCUT2D eigenvalue weighted by Crippen LogP contribution is -2.37. The summed E-state index contributed by atoms with van der Waals surface area (Å²) in [4.78, 5) is 11.7. The van der Waals surface area contributed by atoms with Crippen molar-refractivity contribution in [2.45, 2.75) is 32.7 Å². The number of carbonyl (C=O) groups excluding carboxylic acids is 1. The molecule has 0 spiro atoms. The van der Waals surface area contributed by atoms with Crippen LogP contribution < -0.4 is 10.6 Å². The maximum Gasteiger partial charge on any atom is 0.319 e. The Labute approximate surface area is 100 Å². The van der Waals surface area contributed by atoms with Crippen LogP contribution in [0, 0.1) is 18.7 Å². The highest BCUT2D eigenvalue weighted by molar-refractivity contribution is 5.90. The van der Waals surface area contributed by atoms with Gasteiger partial charge in [-0.25, -0.2) is 9.18 Å². The van der Waals surface area contributed by atoms with Crippen LogP contribution in [0.15, 0.2) is 18.2 Å². The van der Waals surface area contributed by atoms with E-state index in [9.17, 15) is 9.18 Å². The van der Waals surface area contributed by atoms with Gasteiger partial charge in [0.1, 0.15) is 5.82 Å². The number of nitrogens with one attached hydrogen (secondary N) is 2. The summed E-state index contributed by atoms with van der Waals surface area (Å²) < 4.78 is 13.0. The second kappa shape index (κ2) is 4.73. The highest BCUT2D eigenvalue weighted by Crippen LogP contribution is 2.32. The third-order valence-corrected chi connectivity index (χ3v) is 3.14. The number of rotatable bonds is 3. The van der Waals surface area contributed by atoms with E-state index in [0.29, 0.717) is 11.6 Å². The first-order chi connectivity index (χ1) is 8.06.